The van der Waals surface area contributed by atoms with Gasteiger partial charge in [0.1, 0.15) is 12.4 Å². The van der Waals surface area contributed by atoms with E-state index in [-0.39, 0.29) is 11.7 Å². The van der Waals surface area contributed by atoms with E-state index in [2.05, 4.69) is 30.4 Å². The second-order valence-corrected chi connectivity index (χ2v) is 6.62. The summed E-state index contributed by atoms with van der Waals surface area (Å²) < 4.78 is 12.4. The smallest absolute Gasteiger partial charge is 0.123 e. The Hall–Kier alpha value is -1.06. The average Bonchev–Trinajstić information content (AvgIpc) is 3.09. The van der Waals surface area contributed by atoms with E-state index in [4.69, 9.17) is 9.47 Å². The van der Waals surface area contributed by atoms with Gasteiger partial charge in [0.2, 0.25) is 0 Å². The van der Waals surface area contributed by atoms with Crippen molar-refractivity contribution >= 4 is 0 Å². The van der Waals surface area contributed by atoms with Crippen molar-refractivity contribution < 1.29 is 9.47 Å². The molecule has 21 heavy (non-hydrogen) atoms. The molecule has 1 spiro atoms. The van der Waals surface area contributed by atoms with Gasteiger partial charge in [0.15, 0.2) is 0 Å². The van der Waals surface area contributed by atoms with Crippen LogP contribution in [-0.2, 0) is 11.3 Å². The molecule has 0 radical (unpaired) electrons. The van der Waals surface area contributed by atoms with Crippen LogP contribution in [0, 0.1) is 6.92 Å². The van der Waals surface area contributed by atoms with Crippen LogP contribution in [0.5, 0.6) is 5.75 Å². The van der Waals surface area contributed by atoms with Gasteiger partial charge in [-0.1, -0.05) is 30.5 Å². The Morgan fingerprint density at radius 2 is 2.10 bits per heavy atom. The molecule has 1 unspecified atom stereocenters. The van der Waals surface area contributed by atoms with Crippen molar-refractivity contribution in [2.24, 2.45) is 0 Å². The first-order valence-corrected chi connectivity index (χ1v) is 8.25. The molecule has 0 amide bonds. The lowest BCUT2D eigenvalue weighted by atomic mass is 9.98. The van der Waals surface area contributed by atoms with Crippen molar-refractivity contribution in [3.8, 4) is 5.75 Å². The van der Waals surface area contributed by atoms with Gasteiger partial charge in [-0.15, -0.1) is 0 Å². The van der Waals surface area contributed by atoms with Gasteiger partial charge in [0, 0.05) is 12.1 Å². The maximum Gasteiger partial charge on any atom is 0.123 e. The Morgan fingerprint density at radius 3 is 2.86 bits per heavy atom. The fraction of sp³-hybridized carbons (Fsp3) is 0.667. The zero-order valence-corrected chi connectivity index (χ0v) is 13.3. The van der Waals surface area contributed by atoms with E-state index in [1.54, 1.807) is 0 Å². The molecule has 1 saturated heterocycles. The molecule has 1 N–H and O–H groups in total. The van der Waals surface area contributed by atoms with Crippen LogP contribution in [0.1, 0.15) is 49.7 Å². The fourth-order valence-electron chi connectivity index (χ4n) is 3.76. The van der Waals surface area contributed by atoms with Crippen LogP contribution in [0.4, 0.5) is 0 Å². The molecule has 1 aliphatic carbocycles. The molecule has 1 saturated carbocycles. The number of hydrogen-bond donors (Lipinski definition) is 1. The second-order valence-electron chi connectivity index (χ2n) is 6.62. The third kappa shape index (κ3) is 3.41. The van der Waals surface area contributed by atoms with Crippen LogP contribution in [0.15, 0.2) is 18.2 Å². The monoisotopic (exact) mass is 289 g/mol. The summed E-state index contributed by atoms with van der Waals surface area (Å²) in [5, 5.41) is 3.21. The molecular formula is C18H27NO2. The highest BCUT2D eigenvalue weighted by Gasteiger charge is 2.42. The Balaban J connectivity index is 1.58. The van der Waals surface area contributed by atoms with Crippen molar-refractivity contribution in [3.05, 3.63) is 29.3 Å². The van der Waals surface area contributed by atoms with Crippen LogP contribution < -0.4 is 10.1 Å². The minimum absolute atomic E-state index is 0.203. The Morgan fingerprint density at radius 1 is 1.29 bits per heavy atom. The van der Waals surface area contributed by atoms with Gasteiger partial charge in [0.05, 0.1) is 11.7 Å². The van der Waals surface area contributed by atoms with E-state index in [9.17, 15) is 0 Å². The van der Waals surface area contributed by atoms with E-state index in [0.29, 0.717) is 6.61 Å². The highest BCUT2D eigenvalue weighted by atomic mass is 16.6. The van der Waals surface area contributed by atoms with Crippen LogP contribution in [0.3, 0.4) is 0 Å². The molecule has 116 valence electrons. The minimum Gasteiger partial charge on any atom is -0.491 e. The standard InChI is InChI=1S/C18H27NO2/c1-14-5-6-17(15(11-14)12-19-2)20-13-16-7-10-18(21-16)8-3-4-9-18/h5-6,11,16,19H,3-4,7-10,12-13H2,1-2H3. The molecule has 3 rings (SSSR count). The van der Waals surface area contributed by atoms with E-state index in [1.165, 1.54) is 43.2 Å². The number of benzene rings is 1. The molecule has 1 aromatic carbocycles. The van der Waals surface area contributed by atoms with Gasteiger partial charge < -0.3 is 14.8 Å². The molecular weight excluding hydrogens is 262 g/mol. The first-order valence-electron chi connectivity index (χ1n) is 8.25. The predicted octanol–water partition coefficient (Wildman–Crippen LogP) is 3.59. The predicted molar refractivity (Wildman–Crippen MR) is 84.7 cm³/mol. The maximum atomic E-state index is 6.31. The van der Waals surface area contributed by atoms with Crippen LogP contribution >= 0.6 is 0 Å². The first-order chi connectivity index (χ1) is 10.2. The van der Waals surface area contributed by atoms with Crippen LogP contribution in [0.2, 0.25) is 0 Å². The van der Waals surface area contributed by atoms with Crippen LogP contribution in [-0.4, -0.2) is 25.4 Å². The van der Waals surface area contributed by atoms with Gasteiger partial charge in [-0.25, -0.2) is 0 Å². The van der Waals surface area contributed by atoms with Crippen molar-refractivity contribution in [2.45, 2.75) is 63.7 Å². The molecule has 1 heterocycles. The first kappa shape index (κ1) is 14.9. The molecule has 1 aliphatic heterocycles. The summed E-state index contributed by atoms with van der Waals surface area (Å²) in [5.74, 6) is 0.992. The van der Waals surface area contributed by atoms with Crippen molar-refractivity contribution in [1.29, 1.82) is 0 Å². The van der Waals surface area contributed by atoms with Gasteiger partial charge in [0.25, 0.3) is 0 Å². The fourth-order valence-corrected chi connectivity index (χ4v) is 3.76. The van der Waals surface area contributed by atoms with Gasteiger partial charge in [-0.3, -0.25) is 0 Å². The molecule has 2 fully saturated rings. The SMILES string of the molecule is CNCc1cc(C)ccc1OCC1CCC2(CCCC2)O1. The zero-order chi connectivity index (χ0) is 14.7. The lowest BCUT2D eigenvalue weighted by molar-refractivity contribution is -0.0509. The topological polar surface area (TPSA) is 30.5 Å². The Kier molecular flexibility index (Phi) is 4.51. The summed E-state index contributed by atoms with van der Waals surface area (Å²) in [5.41, 5.74) is 2.70. The van der Waals surface area contributed by atoms with Gasteiger partial charge >= 0.3 is 0 Å². The highest BCUT2D eigenvalue weighted by molar-refractivity contribution is 5.36. The summed E-state index contributed by atoms with van der Waals surface area (Å²) in [6, 6.07) is 6.39. The molecule has 3 nitrogen and oxygen atoms in total. The lowest BCUT2D eigenvalue weighted by Gasteiger charge is -2.24. The quantitative estimate of drug-likeness (QED) is 0.898. The molecule has 3 heteroatoms. The number of hydrogen-bond acceptors (Lipinski definition) is 3. The second kappa shape index (κ2) is 6.37. The van der Waals surface area contributed by atoms with E-state index in [0.717, 1.165) is 18.7 Å². The maximum absolute atomic E-state index is 6.31. The van der Waals surface area contributed by atoms with E-state index in [1.807, 2.05) is 7.05 Å². The third-order valence-electron chi connectivity index (χ3n) is 4.86. The summed E-state index contributed by atoms with van der Waals surface area (Å²) >= 11 is 0. The van der Waals surface area contributed by atoms with E-state index >= 15 is 0 Å². The number of rotatable bonds is 5. The van der Waals surface area contributed by atoms with Crippen molar-refractivity contribution in [1.82, 2.24) is 5.32 Å². The Labute approximate surface area is 128 Å². The molecule has 2 aliphatic rings. The van der Waals surface area contributed by atoms with Crippen molar-refractivity contribution in [3.63, 3.8) is 0 Å². The van der Waals surface area contributed by atoms with Gasteiger partial charge in [-0.2, -0.15) is 0 Å². The molecule has 1 atom stereocenters. The largest absolute Gasteiger partial charge is 0.491 e. The molecule has 0 aromatic heterocycles. The lowest BCUT2D eigenvalue weighted by Crippen LogP contribution is -2.27. The summed E-state index contributed by atoms with van der Waals surface area (Å²) in [7, 11) is 1.97. The highest BCUT2D eigenvalue weighted by Crippen LogP contribution is 2.43. The minimum atomic E-state index is 0.203. The number of aryl methyl sites for hydroxylation is 1. The van der Waals surface area contributed by atoms with Crippen LogP contribution in [0.25, 0.3) is 0 Å². The normalized spacial score (nSPS) is 23.8. The number of ether oxygens (including phenoxy) is 2. The molecule has 1 aromatic rings. The summed E-state index contributed by atoms with van der Waals surface area (Å²) in [6.45, 7) is 3.64. The Bertz CT molecular complexity index is 480. The summed E-state index contributed by atoms with van der Waals surface area (Å²) in [4.78, 5) is 0. The third-order valence-corrected chi connectivity index (χ3v) is 4.86. The molecule has 0 bridgehead atoms. The average molecular weight is 289 g/mol. The van der Waals surface area contributed by atoms with E-state index < -0.39 is 0 Å². The zero-order valence-electron chi connectivity index (χ0n) is 13.3. The van der Waals surface area contributed by atoms with Gasteiger partial charge in [-0.05, 0) is 45.7 Å². The summed E-state index contributed by atoms with van der Waals surface area (Å²) in [6.07, 6.45) is 7.80. The van der Waals surface area contributed by atoms with Crippen molar-refractivity contribution in [2.75, 3.05) is 13.7 Å². The number of nitrogens with one attached hydrogen (secondary N) is 1.